The van der Waals surface area contributed by atoms with E-state index in [4.69, 9.17) is 25.2 Å². The highest BCUT2D eigenvalue weighted by Crippen LogP contribution is 2.09. The molecule has 0 fully saturated rings. The minimum atomic E-state index is -0.734. The summed E-state index contributed by atoms with van der Waals surface area (Å²) in [5, 5.41) is 34.2. The fraction of sp³-hybridized carbons (Fsp3) is 0.571. The van der Waals surface area contributed by atoms with E-state index in [9.17, 15) is 0 Å². The van der Waals surface area contributed by atoms with Crippen molar-refractivity contribution >= 4 is 0 Å². The molecule has 1 aromatic carbocycles. The lowest BCUT2D eigenvalue weighted by atomic mass is 10.3. The van der Waals surface area contributed by atoms with E-state index < -0.39 is 6.29 Å². The molecular formula is C14H25NO5. The molecule has 116 valence electrons. The zero-order chi connectivity index (χ0) is 15.2. The summed E-state index contributed by atoms with van der Waals surface area (Å²) in [4.78, 5) is 1.79. The average Bonchev–Trinajstić information content (AvgIpc) is 2.41. The lowest BCUT2D eigenvalue weighted by Crippen LogP contribution is -2.32. The summed E-state index contributed by atoms with van der Waals surface area (Å²) in [6, 6.07) is 9.21. The van der Waals surface area contributed by atoms with Crippen molar-refractivity contribution in [2.24, 2.45) is 0 Å². The van der Waals surface area contributed by atoms with Crippen LogP contribution in [0.4, 0.5) is 0 Å². The highest BCUT2D eigenvalue weighted by molar-refractivity contribution is 5.20. The van der Waals surface area contributed by atoms with Gasteiger partial charge in [-0.25, -0.2) is 0 Å². The minimum absolute atomic E-state index is 0.0694. The summed E-state index contributed by atoms with van der Waals surface area (Å²) < 4.78 is 4.97. The fourth-order valence-electron chi connectivity index (χ4n) is 1.46. The zero-order valence-corrected chi connectivity index (χ0v) is 11.9. The van der Waals surface area contributed by atoms with Gasteiger partial charge in [-0.15, -0.1) is 0 Å². The molecule has 0 aromatic heterocycles. The second-order valence-corrected chi connectivity index (χ2v) is 4.04. The molecule has 1 aromatic rings. The van der Waals surface area contributed by atoms with Crippen LogP contribution in [0.25, 0.3) is 0 Å². The van der Waals surface area contributed by atoms with Crippen molar-refractivity contribution in [3.63, 3.8) is 0 Å². The first-order chi connectivity index (χ1) is 9.63. The normalized spacial score (nSPS) is 11.7. The third-order valence-corrected chi connectivity index (χ3v) is 2.30. The van der Waals surface area contributed by atoms with Crippen molar-refractivity contribution in [1.82, 2.24) is 4.90 Å². The second-order valence-electron chi connectivity index (χ2n) is 4.04. The van der Waals surface area contributed by atoms with Crippen LogP contribution in [0.15, 0.2) is 30.3 Å². The number of ether oxygens (including phenoxy) is 1. The first-order valence-corrected chi connectivity index (χ1v) is 6.58. The molecule has 0 heterocycles. The molecule has 1 unspecified atom stereocenters. The van der Waals surface area contributed by atoms with E-state index in [1.807, 2.05) is 18.2 Å². The highest BCUT2D eigenvalue weighted by Gasteiger charge is 2.00. The maximum Gasteiger partial charge on any atom is 0.194 e. The molecule has 0 bridgehead atoms. The van der Waals surface area contributed by atoms with E-state index in [1.165, 1.54) is 0 Å². The molecule has 0 radical (unpaired) electrons. The lowest BCUT2D eigenvalue weighted by Gasteiger charge is -2.17. The van der Waals surface area contributed by atoms with E-state index in [0.717, 1.165) is 0 Å². The van der Waals surface area contributed by atoms with Crippen molar-refractivity contribution in [2.75, 3.05) is 39.5 Å². The van der Waals surface area contributed by atoms with Gasteiger partial charge in [0.05, 0.1) is 19.8 Å². The van der Waals surface area contributed by atoms with E-state index in [-0.39, 0.29) is 19.8 Å². The number of hydrogen-bond donors (Lipinski definition) is 4. The molecule has 0 saturated carbocycles. The Morgan fingerprint density at radius 2 is 1.40 bits per heavy atom. The van der Waals surface area contributed by atoms with Gasteiger partial charge in [-0.1, -0.05) is 18.2 Å². The summed E-state index contributed by atoms with van der Waals surface area (Å²) in [6.45, 7) is 3.33. The monoisotopic (exact) mass is 287 g/mol. The van der Waals surface area contributed by atoms with E-state index >= 15 is 0 Å². The number of nitrogens with zero attached hydrogens (tertiary/aromatic N) is 1. The molecule has 6 heteroatoms. The smallest absolute Gasteiger partial charge is 0.194 e. The van der Waals surface area contributed by atoms with Crippen molar-refractivity contribution in [3.05, 3.63) is 30.3 Å². The van der Waals surface area contributed by atoms with Crippen LogP contribution in [0, 0.1) is 0 Å². The first kappa shape index (κ1) is 18.8. The molecule has 0 aliphatic carbocycles. The van der Waals surface area contributed by atoms with Crippen molar-refractivity contribution < 1.29 is 25.2 Å². The Balaban J connectivity index is 0.000000361. The van der Waals surface area contributed by atoms with Gasteiger partial charge in [-0.3, -0.25) is 4.90 Å². The molecule has 1 atom stereocenters. The molecule has 20 heavy (non-hydrogen) atoms. The van der Waals surface area contributed by atoms with Gasteiger partial charge in [-0.2, -0.15) is 0 Å². The van der Waals surface area contributed by atoms with Gasteiger partial charge in [0, 0.05) is 19.6 Å². The van der Waals surface area contributed by atoms with Crippen LogP contribution in [0.5, 0.6) is 5.75 Å². The molecule has 1 rings (SSSR count). The van der Waals surface area contributed by atoms with Crippen molar-refractivity contribution in [2.45, 2.75) is 13.2 Å². The van der Waals surface area contributed by atoms with Gasteiger partial charge >= 0.3 is 0 Å². The number of para-hydroxylation sites is 1. The molecule has 6 nitrogen and oxygen atoms in total. The molecule has 0 saturated heterocycles. The Kier molecular flexibility index (Phi) is 12.1. The topological polar surface area (TPSA) is 93.4 Å². The third kappa shape index (κ3) is 10.7. The van der Waals surface area contributed by atoms with Crippen LogP contribution in [-0.2, 0) is 0 Å². The highest BCUT2D eigenvalue weighted by atomic mass is 16.6. The Bertz CT molecular complexity index is 293. The maximum atomic E-state index is 8.78. The van der Waals surface area contributed by atoms with Gasteiger partial charge in [0.25, 0.3) is 0 Å². The van der Waals surface area contributed by atoms with Crippen LogP contribution in [0.3, 0.4) is 0 Å². The lowest BCUT2D eigenvalue weighted by molar-refractivity contribution is -0.000290. The second kappa shape index (κ2) is 12.8. The molecule has 0 spiro atoms. The van der Waals surface area contributed by atoms with Crippen LogP contribution in [-0.4, -0.2) is 71.1 Å². The molecular weight excluding hydrogens is 262 g/mol. The SMILES string of the molecule is CC(O)Oc1ccccc1.OCCN(CCO)CCO. The van der Waals surface area contributed by atoms with Gasteiger partial charge in [-0.05, 0) is 19.1 Å². The number of hydrogen-bond acceptors (Lipinski definition) is 6. The maximum absolute atomic E-state index is 8.78. The predicted octanol–water partition coefficient (Wildman–Crippen LogP) is -0.331. The number of aliphatic hydroxyl groups excluding tert-OH is 4. The molecule has 0 aliphatic heterocycles. The van der Waals surface area contributed by atoms with Gasteiger partial charge in [0.1, 0.15) is 5.75 Å². The van der Waals surface area contributed by atoms with Gasteiger partial charge in [0.2, 0.25) is 0 Å². The van der Waals surface area contributed by atoms with E-state index in [0.29, 0.717) is 25.4 Å². The van der Waals surface area contributed by atoms with Crippen LogP contribution in [0.2, 0.25) is 0 Å². The largest absolute Gasteiger partial charge is 0.465 e. The van der Waals surface area contributed by atoms with Crippen molar-refractivity contribution in [3.8, 4) is 5.75 Å². The summed E-state index contributed by atoms with van der Waals surface area (Å²) in [7, 11) is 0. The van der Waals surface area contributed by atoms with E-state index in [1.54, 1.807) is 24.0 Å². The van der Waals surface area contributed by atoms with Crippen molar-refractivity contribution in [1.29, 1.82) is 0 Å². The first-order valence-electron chi connectivity index (χ1n) is 6.58. The average molecular weight is 287 g/mol. The van der Waals surface area contributed by atoms with Gasteiger partial charge in [0.15, 0.2) is 6.29 Å². The summed E-state index contributed by atoms with van der Waals surface area (Å²) in [6.07, 6.45) is -0.734. The summed E-state index contributed by atoms with van der Waals surface area (Å²) >= 11 is 0. The van der Waals surface area contributed by atoms with Gasteiger partial charge < -0.3 is 25.2 Å². The van der Waals surface area contributed by atoms with Crippen LogP contribution >= 0.6 is 0 Å². The zero-order valence-electron chi connectivity index (χ0n) is 11.9. The third-order valence-electron chi connectivity index (χ3n) is 2.30. The molecule has 0 aliphatic rings. The van der Waals surface area contributed by atoms with Crippen LogP contribution in [0.1, 0.15) is 6.92 Å². The Morgan fingerprint density at radius 1 is 0.950 bits per heavy atom. The van der Waals surface area contributed by atoms with Crippen LogP contribution < -0.4 is 4.74 Å². The summed E-state index contributed by atoms with van der Waals surface area (Å²) in [5.41, 5.74) is 0. The Labute approximate surface area is 119 Å². The number of benzene rings is 1. The Hall–Kier alpha value is -1.18. The standard InChI is InChI=1S/C8H10O2.C6H15NO3/c1-7(9)10-8-5-3-2-4-6-8;8-4-1-7(2-5-9)3-6-10/h2-7,9H,1H3;8-10H,1-6H2. The minimum Gasteiger partial charge on any atom is -0.465 e. The number of aliphatic hydroxyl groups is 4. The fourth-order valence-corrected chi connectivity index (χ4v) is 1.46. The summed E-state index contributed by atoms with van der Waals surface area (Å²) in [5.74, 6) is 0.692. The van der Waals surface area contributed by atoms with E-state index in [2.05, 4.69) is 0 Å². The number of rotatable bonds is 8. The Morgan fingerprint density at radius 3 is 1.75 bits per heavy atom. The quantitative estimate of drug-likeness (QED) is 0.489. The predicted molar refractivity (Wildman–Crippen MR) is 76.4 cm³/mol. The molecule has 0 amide bonds. The molecule has 4 N–H and O–H groups in total.